The normalized spacial score (nSPS) is 10.3. The van der Waals surface area contributed by atoms with Crippen molar-refractivity contribution in [3.63, 3.8) is 0 Å². The zero-order chi connectivity index (χ0) is 26.3. The summed E-state index contributed by atoms with van der Waals surface area (Å²) >= 11 is 0. The number of aliphatic hydroxyl groups excluding tert-OH is 3. The van der Waals surface area contributed by atoms with E-state index in [1.807, 2.05) is 0 Å². The van der Waals surface area contributed by atoms with Crippen molar-refractivity contribution in [2.45, 2.75) is 78.1 Å². The zero-order valence-electron chi connectivity index (χ0n) is 21.3. The third-order valence-electron chi connectivity index (χ3n) is 3.92. The van der Waals surface area contributed by atoms with Gasteiger partial charge in [-0.05, 0) is 57.3 Å². The van der Waals surface area contributed by atoms with Gasteiger partial charge in [-0.15, -0.1) is 0 Å². The Morgan fingerprint density at radius 2 is 0.853 bits per heavy atom. The quantitative estimate of drug-likeness (QED) is 0.140. The molecule has 0 bridgehead atoms. The van der Waals surface area contributed by atoms with Gasteiger partial charge >= 0.3 is 11.9 Å². The third kappa shape index (κ3) is 48.2. The molecular weight excluding hydrogens is 448 g/mol. The molecule has 0 unspecified atom stereocenters. The highest BCUT2D eigenvalue weighted by molar-refractivity contribution is 5.75. The van der Waals surface area contributed by atoms with Crippen LogP contribution < -0.4 is 0 Å². The van der Waals surface area contributed by atoms with E-state index in [1.165, 1.54) is 0 Å². The lowest BCUT2D eigenvalue weighted by atomic mass is 10.2. The second-order valence-electron chi connectivity index (χ2n) is 7.98. The summed E-state index contributed by atoms with van der Waals surface area (Å²) in [6.07, 6.45) is 6.84. The van der Waals surface area contributed by atoms with Crippen LogP contribution in [0.15, 0.2) is 0 Å². The zero-order valence-corrected chi connectivity index (χ0v) is 21.3. The maximum absolute atomic E-state index is 9.64. The van der Waals surface area contributed by atoms with E-state index in [-0.39, 0.29) is 32.7 Å². The third-order valence-corrected chi connectivity index (χ3v) is 3.92. The van der Waals surface area contributed by atoms with Crippen LogP contribution in [0.5, 0.6) is 0 Å². The second-order valence-corrected chi connectivity index (χ2v) is 7.98. The standard InChI is InChI=1S/C12H26O3.C8H18O3.C4H6O4/c1-12(2)11-15-10-6-5-9-14-8-4-3-7-13;9-5-1-3-7-11-8-4-2-6-10;5-3(6)1-2-4(7)8/h12-13H,3-11H2,1-2H3;9-10H,1-8H2;1-2H2,(H,5,6)(H,7,8). The molecule has 10 heteroatoms. The Morgan fingerprint density at radius 1 is 0.559 bits per heavy atom. The van der Waals surface area contributed by atoms with E-state index in [0.29, 0.717) is 5.92 Å². The van der Waals surface area contributed by atoms with Gasteiger partial charge < -0.3 is 39.7 Å². The smallest absolute Gasteiger partial charge is 0.303 e. The maximum Gasteiger partial charge on any atom is 0.303 e. The molecule has 0 saturated heterocycles. The van der Waals surface area contributed by atoms with Gasteiger partial charge in [0, 0.05) is 59.5 Å². The molecule has 206 valence electrons. The Labute approximate surface area is 205 Å². The minimum absolute atomic E-state index is 0.250. The van der Waals surface area contributed by atoms with Crippen molar-refractivity contribution in [2.75, 3.05) is 59.5 Å². The molecule has 0 aliphatic rings. The highest BCUT2D eigenvalue weighted by Crippen LogP contribution is 1.97. The molecule has 34 heavy (non-hydrogen) atoms. The van der Waals surface area contributed by atoms with Gasteiger partial charge in [0.1, 0.15) is 0 Å². The first kappa shape index (κ1) is 37.3. The van der Waals surface area contributed by atoms with Gasteiger partial charge in [-0.1, -0.05) is 13.8 Å². The fourth-order valence-corrected chi connectivity index (χ4v) is 2.09. The first-order valence-corrected chi connectivity index (χ1v) is 12.3. The molecule has 0 aliphatic carbocycles. The van der Waals surface area contributed by atoms with E-state index < -0.39 is 11.9 Å². The molecule has 0 radical (unpaired) electrons. The molecule has 0 aromatic carbocycles. The van der Waals surface area contributed by atoms with Crippen LogP contribution in [-0.4, -0.2) is 96.9 Å². The molecule has 0 rings (SSSR count). The number of ether oxygens (including phenoxy) is 3. The predicted octanol–water partition coefficient (Wildman–Crippen LogP) is 2.71. The van der Waals surface area contributed by atoms with Crippen molar-refractivity contribution in [1.29, 1.82) is 0 Å². The van der Waals surface area contributed by atoms with Gasteiger partial charge in [-0.3, -0.25) is 9.59 Å². The van der Waals surface area contributed by atoms with Gasteiger partial charge in [0.2, 0.25) is 0 Å². The van der Waals surface area contributed by atoms with E-state index in [4.69, 9.17) is 39.7 Å². The molecule has 0 amide bonds. The largest absolute Gasteiger partial charge is 0.481 e. The maximum atomic E-state index is 9.64. The predicted molar refractivity (Wildman–Crippen MR) is 130 cm³/mol. The van der Waals surface area contributed by atoms with Gasteiger partial charge in [-0.25, -0.2) is 0 Å². The molecule has 0 saturated carbocycles. The van der Waals surface area contributed by atoms with Crippen LogP contribution >= 0.6 is 0 Å². The molecule has 0 heterocycles. The Bertz CT molecular complexity index is 383. The van der Waals surface area contributed by atoms with Crippen LogP contribution in [0.4, 0.5) is 0 Å². The molecule has 5 N–H and O–H groups in total. The number of carboxylic acid groups (broad SMARTS) is 2. The van der Waals surface area contributed by atoms with Crippen molar-refractivity contribution < 1.29 is 49.3 Å². The topological polar surface area (TPSA) is 163 Å². The average molecular weight is 499 g/mol. The Kier molecular flexibility index (Phi) is 37.1. The molecule has 0 aliphatic heterocycles. The average Bonchev–Trinajstić information content (AvgIpc) is 2.79. The van der Waals surface area contributed by atoms with Crippen LogP contribution in [-0.2, 0) is 23.8 Å². The summed E-state index contributed by atoms with van der Waals surface area (Å²) < 4.78 is 16.1. The molecular formula is C24H50O10. The number of carboxylic acids is 2. The molecule has 0 aromatic rings. The van der Waals surface area contributed by atoms with Crippen LogP contribution in [0, 0.1) is 5.92 Å². The summed E-state index contributed by atoms with van der Waals surface area (Å²) in [6, 6.07) is 0. The van der Waals surface area contributed by atoms with E-state index in [9.17, 15) is 9.59 Å². The first-order chi connectivity index (χ1) is 16.3. The monoisotopic (exact) mass is 498 g/mol. The molecule has 0 aromatic heterocycles. The highest BCUT2D eigenvalue weighted by atomic mass is 16.5. The van der Waals surface area contributed by atoms with Crippen LogP contribution in [0.3, 0.4) is 0 Å². The fraction of sp³-hybridized carbons (Fsp3) is 0.917. The Balaban J connectivity index is -0.000000447. The number of rotatable bonds is 22. The number of aliphatic hydroxyl groups is 3. The molecule has 0 atom stereocenters. The Hall–Kier alpha value is -1.30. The van der Waals surface area contributed by atoms with E-state index in [0.717, 1.165) is 91.0 Å². The van der Waals surface area contributed by atoms with Crippen molar-refractivity contribution in [1.82, 2.24) is 0 Å². The summed E-state index contributed by atoms with van der Waals surface area (Å²) in [4.78, 5) is 19.3. The van der Waals surface area contributed by atoms with E-state index in [1.54, 1.807) is 0 Å². The molecule has 0 fully saturated rings. The summed E-state index contributed by atoms with van der Waals surface area (Å²) in [6.45, 7) is 9.83. The van der Waals surface area contributed by atoms with E-state index >= 15 is 0 Å². The number of hydrogen-bond donors (Lipinski definition) is 5. The lowest BCUT2D eigenvalue weighted by Gasteiger charge is -2.06. The number of hydrogen-bond acceptors (Lipinski definition) is 8. The van der Waals surface area contributed by atoms with E-state index in [2.05, 4.69) is 13.8 Å². The lowest BCUT2D eigenvalue weighted by Crippen LogP contribution is -2.04. The van der Waals surface area contributed by atoms with Crippen LogP contribution in [0.25, 0.3) is 0 Å². The first-order valence-electron chi connectivity index (χ1n) is 12.3. The minimum atomic E-state index is -1.08. The minimum Gasteiger partial charge on any atom is -0.481 e. The summed E-state index contributed by atoms with van der Waals surface area (Å²) in [5.74, 6) is -1.53. The van der Waals surface area contributed by atoms with Gasteiger partial charge in [0.25, 0.3) is 0 Å². The van der Waals surface area contributed by atoms with Gasteiger partial charge in [0.15, 0.2) is 0 Å². The number of aliphatic carboxylic acids is 2. The van der Waals surface area contributed by atoms with Crippen molar-refractivity contribution in [2.24, 2.45) is 5.92 Å². The summed E-state index contributed by atoms with van der Waals surface area (Å²) in [7, 11) is 0. The van der Waals surface area contributed by atoms with Crippen LogP contribution in [0.1, 0.15) is 78.1 Å². The molecule has 10 nitrogen and oxygen atoms in total. The van der Waals surface area contributed by atoms with Crippen molar-refractivity contribution in [3.8, 4) is 0 Å². The fourth-order valence-electron chi connectivity index (χ4n) is 2.09. The van der Waals surface area contributed by atoms with Gasteiger partial charge in [0.05, 0.1) is 12.8 Å². The lowest BCUT2D eigenvalue weighted by molar-refractivity contribution is -0.143. The second kappa shape index (κ2) is 33.9. The van der Waals surface area contributed by atoms with Crippen molar-refractivity contribution >= 4 is 11.9 Å². The number of unbranched alkanes of at least 4 members (excludes halogenated alkanes) is 4. The number of carbonyl (C=O) groups is 2. The SMILES string of the molecule is CC(C)COCCCCOCCCCO.O=C(O)CCC(=O)O.OCCCCOCCCCO. The molecule has 0 spiro atoms. The van der Waals surface area contributed by atoms with Crippen molar-refractivity contribution in [3.05, 3.63) is 0 Å². The summed E-state index contributed by atoms with van der Waals surface area (Å²) in [5, 5.41) is 41.2. The highest BCUT2D eigenvalue weighted by Gasteiger charge is 2.00. The Morgan fingerprint density at radius 3 is 1.12 bits per heavy atom. The van der Waals surface area contributed by atoms with Gasteiger partial charge in [-0.2, -0.15) is 0 Å². The van der Waals surface area contributed by atoms with Crippen LogP contribution in [0.2, 0.25) is 0 Å². The summed E-state index contributed by atoms with van der Waals surface area (Å²) in [5.41, 5.74) is 0.